The molecule has 1 aromatic carbocycles. The van der Waals surface area contributed by atoms with E-state index in [0.717, 1.165) is 5.56 Å². The van der Waals surface area contributed by atoms with E-state index < -0.39 is 0 Å². The molecule has 1 rings (SSSR count). The van der Waals surface area contributed by atoms with Crippen LogP contribution in [0.5, 0.6) is 0 Å². The molecule has 0 unspecified atom stereocenters. The predicted molar refractivity (Wildman–Crippen MR) is 61.5 cm³/mol. The number of nitrogens with zero attached hydrogens (tertiary/aromatic N) is 2. The Morgan fingerprint density at radius 1 is 1.29 bits per heavy atom. The Labute approximate surface area is 88.1 Å². The monoisotopic (exact) mass is 213 g/mol. The molecular weight excluding hydrogens is 202 g/mol. The SMILES string of the molecule is Cl.NC(N)=NN=Cc1cccc(N)c1. The van der Waals surface area contributed by atoms with Gasteiger partial charge in [0.05, 0.1) is 6.21 Å². The molecule has 5 nitrogen and oxygen atoms in total. The maximum Gasteiger partial charge on any atom is 0.211 e. The molecular formula is C8H12ClN5. The third-order valence-corrected chi connectivity index (χ3v) is 1.29. The van der Waals surface area contributed by atoms with Crippen molar-refractivity contribution in [1.29, 1.82) is 0 Å². The summed E-state index contributed by atoms with van der Waals surface area (Å²) < 4.78 is 0. The predicted octanol–water partition coefficient (Wildman–Crippen LogP) is 0.298. The molecule has 0 atom stereocenters. The number of rotatable bonds is 2. The molecule has 0 aliphatic carbocycles. The van der Waals surface area contributed by atoms with E-state index in [9.17, 15) is 0 Å². The van der Waals surface area contributed by atoms with Gasteiger partial charge in [-0.15, -0.1) is 17.5 Å². The Hall–Kier alpha value is -1.75. The van der Waals surface area contributed by atoms with Gasteiger partial charge in [-0.1, -0.05) is 12.1 Å². The van der Waals surface area contributed by atoms with Crippen molar-refractivity contribution >= 4 is 30.3 Å². The highest BCUT2D eigenvalue weighted by Crippen LogP contribution is 2.03. The van der Waals surface area contributed by atoms with Crippen LogP contribution in [0, 0.1) is 0 Å². The van der Waals surface area contributed by atoms with Gasteiger partial charge in [-0.2, -0.15) is 5.10 Å². The topological polar surface area (TPSA) is 103 Å². The zero-order valence-corrected chi connectivity index (χ0v) is 8.24. The number of hydrogen-bond acceptors (Lipinski definition) is 3. The maximum absolute atomic E-state index is 5.54. The van der Waals surface area contributed by atoms with Crippen LogP contribution in [0.3, 0.4) is 0 Å². The van der Waals surface area contributed by atoms with Gasteiger partial charge in [0.2, 0.25) is 5.96 Å². The van der Waals surface area contributed by atoms with Crippen LogP contribution in [0.4, 0.5) is 5.69 Å². The molecule has 0 aromatic heterocycles. The number of halogens is 1. The van der Waals surface area contributed by atoms with Crippen LogP contribution in [0.1, 0.15) is 5.56 Å². The molecule has 0 aliphatic rings. The summed E-state index contributed by atoms with van der Waals surface area (Å²) >= 11 is 0. The summed E-state index contributed by atoms with van der Waals surface area (Å²) in [6.07, 6.45) is 1.52. The zero-order valence-electron chi connectivity index (χ0n) is 7.42. The van der Waals surface area contributed by atoms with Gasteiger partial charge in [0.15, 0.2) is 0 Å². The van der Waals surface area contributed by atoms with E-state index in [1.165, 1.54) is 6.21 Å². The third kappa shape index (κ3) is 4.32. The molecule has 6 heteroatoms. The van der Waals surface area contributed by atoms with Crippen molar-refractivity contribution in [2.24, 2.45) is 21.7 Å². The molecule has 0 fully saturated rings. The fourth-order valence-corrected chi connectivity index (χ4v) is 0.802. The minimum Gasteiger partial charge on any atom is -0.399 e. The van der Waals surface area contributed by atoms with Crippen LogP contribution < -0.4 is 17.2 Å². The van der Waals surface area contributed by atoms with Crippen molar-refractivity contribution in [3.05, 3.63) is 29.8 Å². The number of hydrogen-bond donors (Lipinski definition) is 3. The number of guanidine groups is 1. The largest absolute Gasteiger partial charge is 0.399 e. The lowest BCUT2D eigenvalue weighted by atomic mass is 10.2. The first-order chi connectivity index (χ1) is 6.18. The highest BCUT2D eigenvalue weighted by atomic mass is 35.5. The van der Waals surface area contributed by atoms with Crippen LogP contribution in [0.25, 0.3) is 0 Å². The Bertz CT molecular complexity index is 343. The van der Waals surface area contributed by atoms with E-state index in [0.29, 0.717) is 5.69 Å². The van der Waals surface area contributed by atoms with Gasteiger partial charge in [-0.3, -0.25) is 0 Å². The quantitative estimate of drug-likeness (QED) is 0.285. The first-order valence-corrected chi connectivity index (χ1v) is 3.66. The van der Waals surface area contributed by atoms with Crippen LogP contribution in [-0.2, 0) is 0 Å². The van der Waals surface area contributed by atoms with Crippen LogP contribution in [-0.4, -0.2) is 12.2 Å². The normalized spacial score (nSPS) is 9.43. The zero-order chi connectivity index (χ0) is 9.68. The van der Waals surface area contributed by atoms with Crippen molar-refractivity contribution in [3.8, 4) is 0 Å². The van der Waals surface area contributed by atoms with Gasteiger partial charge in [0.1, 0.15) is 0 Å². The second-order valence-electron chi connectivity index (χ2n) is 2.44. The van der Waals surface area contributed by atoms with Gasteiger partial charge in [-0.25, -0.2) is 0 Å². The minimum atomic E-state index is -0.0693. The molecule has 76 valence electrons. The molecule has 0 aliphatic heterocycles. The van der Waals surface area contributed by atoms with E-state index in [1.54, 1.807) is 12.1 Å². The Balaban J connectivity index is 0.00000169. The molecule has 1 aromatic rings. The summed E-state index contributed by atoms with van der Waals surface area (Å²) in [5.74, 6) is -0.0693. The third-order valence-electron chi connectivity index (χ3n) is 1.29. The standard InChI is InChI=1S/C8H11N5.ClH/c9-7-3-1-2-6(4-7)5-12-13-8(10)11;/h1-5H,9H2,(H4,10,11,13);1H. The Morgan fingerprint density at radius 2 is 2.00 bits per heavy atom. The van der Waals surface area contributed by atoms with Crippen molar-refractivity contribution in [3.63, 3.8) is 0 Å². The lowest BCUT2D eigenvalue weighted by Crippen LogP contribution is -2.21. The fraction of sp³-hybridized carbons (Fsp3) is 0. The van der Waals surface area contributed by atoms with Crippen LogP contribution >= 0.6 is 12.4 Å². The van der Waals surface area contributed by atoms with E-state index >= 15 is 0 Å². The Morgan fingerprint density at radius 3 is 2.57 bits per heavy atom. The minimum absolute atomic E-state index is 0. The second-order valence-corrected chi connectivity index (χ2v) is 2.44. The highest BCUT2D eigenvalue weighted by Gasteiger charge is 1.87. The summed E-state index contributed by atoms with van der Waals surface area (Å²) in [5, 5.41) is 7.09. The van der Waals surface area contributed by atoms with Crippen molar-refractivity contribution in [1.82, 2.24) is 0 Å². The maximum atomic E-state index is 5.54. The summed E-state index contributed by atoms with van der Waals surface area (Å²) in [5.41, 5.74) is 17.2. The fourth-order valence-electron chi connectivity index (χ4n) is 0.802. The molecule has 0 amide bonds. The summed E-state index contributed by atoms with van der Waals surface area (Å²) in [7, 11) is 0. The van der Waals surface area contributed by atoms with Crippen molar-refractivity contribution in [2.75, 3.05) is 5.73 Å². The summed E-state index contributed by atoms with van der Waals surface area (Å²) in [4.78, 5) is 0. The second kappa shape index (κ2) is 5.82. The molecule has 6 N–H and O–H groups in total. The smallest absolute Gasteiger partial charge is 0.211 e. The van der Waals surface area contributed by atoms with E-state index in [1.807, 2.05) is 12.1 Å². The van der Waals surface area contributed by atoms with E-state index in [-0.39, 0.29) is 18.4 Å². The highest BCUT2D eigenvalue weighted by molar-refractivity contribution is 5.85. The first kappa shape index (κ1) is 12.2. The van der Waals surface area contributed by atoms with Crippen LogP contribution in [0.15, 0.2) is 34.5 Å². The number of nitrogen functional groups attached to an aromatic ring is 1. The summed E-state index contributed by atoms with van der Waals surface area (Å²) in [6.45, 7) is 0. The molecule has 0 spiro atoms. The van der Waals surface area contributed by atoms with Gasteiger partial charge in [0, 0.05) is 5.69 Å². The average molecular weight is 214 g/mol. The van der Waals surface area contributed by atoms with Gasteiger partial charge >= 0.3 is 0 Å². The van der Waals surface area contributed by atoms with Gasteiger partial charge in [0.25, 0.3) is 0 Å². The molecule has 14 heavy (non-hydrogen) atoms. The molecule has 0 saturated carbocycles. The van der Waals surface area contributed by atoms with E-state index in [4.69, 9.17) is 17.2 Å². The van der Waals surface area contributed by atoms with Gasteiger partial charge in [-0.05, 0) is 17.7 Å². The van der Waals surface area contributed by atoms with Crippen molar-refractivity contribution < 1.29 is 0 Å². The summed E-state index contributed by atoms with van der Waals surface area (Å²) in [6, 6.07) is 7.23. The van der Waals surface area contributed by atoms with Gasteiger partial charge < -0.3 is 17.2 Å². The molecule has 0 radical (unpaired) electrons. The molecule has 0 heterocycles. The average Bonchev–Trinajstić information content (AvgIpc) is 2.03. The number of benzene rings is 1. The first-order valence-electron chi connectivity index (χ1n) is 3.66. The van der Waals surface area contributed by atoms with Crippen LogP contribution in [0.2, 0.25) is 0 Å². The lowest BCUT2D eigenvalue weighted by molar-refractivity contribution is 1.21. The Kier molecular flexibility index (Phi) is 5.09. The van der Waals surface area contributed by atoms with E-state index in [2.05, 4.69) is 10.2 Å². The number of nitrogens with two attached hydrogens (primary N) is 3. The molecule has 0 bridgehead atoms. The van der Waals surface area contributed by atoms with Crippen molar-refractivity contribution in [2.45, 2.75) is 0 Å². The molecule has 0 saturated heterocycles. The number of anilines is 1. The lowest BCUT2D eigenvalue weighted by Gasteiger charge is -1.93.